The third-order valence-corrected chi connectivity index (χ3v) is 3.15. The quantitative estimate of drug-likeness (QED) is 0.637. The highest BCUT2D eigenvalue weighted by Crippen LogP contribution is 2.38. The van der Waals surface area contributed by atoms with E-state index in [-0.39, 0.29) is 5.69 Å². The molecule has 1 aliphatic carbocycles. The number of nitro groups is 1. The van der Waals surface area contributed by atoms with E-state index < -0.39 is 4.92 Å². The fourth-order valence-corrected chi connectivity index (χ4v) is 1.83. The van der Waals surface area contributed by atoms with Gasteiger partial charge in [0.1, 0.15) is 5.69 Å². The minimum absolute atomic E-state index is 0.0302. The molecule has 2 unspecified atom stereocenters. The normalized spacial score (nSPS) is 21.6. The zero-order chi connectivity index (χ0) is 12.4. The molecule has 17 heavy (non-hydrogen) atoms. The Balaban J connectivity index is 2.15. The highest BCUT2D eigenvalue weighted by atomic mass is 16.6. The summed E-state index contributed by atoms with van der Waals surface area (Å²) in [6.45, 7) is 2.92. The lowest BCUT2D eigenvalue weighted by Gasteiger charge is -2.06. The first-order chi connectivity index (χ1) is 8.11. The Kier molecular flexibility index (Phi) is 2.96. The molecule has 1 aliphatic rings. The summed E-state index contributed by atoms with van der Waals surface area (Å²) in [4.78, 5) is 10.4. The van der Waals surface area contributed by atoms with Gasteiger partial charge >= 0.3 is 0 Å². The summed E-state index contributed by atoms with van der Waals surface area (Å²) >= 11 is 0. The van der Waals surface area contributed by atoms with E-state index >= 15 is 0 Å². The molecular weight excluding hydrogens is 218 g/mol. The largest absolute Gasteiger partial charge is 0.379 e. The summed E-state index contributed by atoms with van der Waals surface area (Å²) < 4.78 is 0. The Labute approximate surface area is 99.2 Å². The van der Waals surface area contributed by atoms with Gasteiger partial charge in [0.25, 0.3) is 5.69 Å². The van der Waals surface area contributed by atoms with Crippen molar-refractivity contribution in [2.75, 3.05) is 11.9 Å². The number of nitrogens with zero attached hydrogens (tertiary/aromatic N) is 2. The summed E-state index contributed by atoms with van der Waals surface area (Å²) in [5, 5.41) is 22.7. The van der Waals surface area contributed by atoms with Crippen LogP contribution in [0.1, 0.15) is 18.9 Å². The number of benzene rings is 1. The smallest absolute Gasteiger partial charge is 0.293 e. The molecule has 1 N–H and O–H groups in total. The molecule has 1 aromatic rings. The van der Waals surface area contributed by atoms with E-state index in [2.05, 4.69) is 12.2 Å². The van der Waals surface area contributed by atoms with Crippen LogP contribution in [-0.4, -0.2) is 11.5 Å². The Bertz CT molecular complexity index is 493. The number of anilines is 1. The second-order valence-electron chi connectivity index (χ2n) is 4.45. The Morgan fingerprint density at radius 1 is 1.65 bits per heavy atom. The molecule has 0 bridgehead atoms. The summed E-state index contributed by atoms with van der Waals surface area (Å²) in [7, 11) is 0. The average Bonchev–Trinajstić information content (AvgIpc) is 3.02. The van der Waals surface area contributed by atoms with Crippen molar-refractivity contribution in [3.05, 3.63) is 33.9 Å². The third-order valence-electron chi connectivity index (χ3n) is 3.15. The molecule has 0 aliphatic heterocycles. The zero-order valence-corrected chi connectivity index (χ0v) is 9.51. The topological polar surface area (TPSA) is 79.0 Å². The second kappa shape index (κ2) is 4.42. The molecule has 5 heteroatoms. The first-order valence-corrected chi connectivity index (χ1v) is 5.54. The lowest BCUT2D eigenvalue weighted by Crippen LogP contribution is -2.06. The third kappa shape index (κ3) is 2.53. The van der Waals surface area contributed by atoms with E-state index in [9.17, 15) is 10.1 Å². The molecule has 2 rings (SSSR count). The van der Waals surface area contributed by atoms with Crippen LogP contribution >= 0.6 is 0 Å². The lowest BCUT2D eigenvalue weighted by molar-refractivity contribution is -0.384. The van der Waals surface area contributed by atoms with Crippen molar-refractivity contribution >= 4 is 11.4 Å². The van der Waals surface area contributed by atoms with Crippen molar-refractivity contribution in [2.45, 2.75) is 13.3 Å². The van der Waals surface area contributed by atoms with E-state index in [1.807, 2.05) is 6.07 Å². The van der Waals surface area contributed by atoms with Crippen LogP contribution < -0.4 is 5.32 Å². The lowest BCUT2D eigenvalue weighted by atomic mass is 10.2. The average molecular weight is 231 g/mol. The summed E-state index contributed by atoms with van der Waals surface area (Å²) in [5.41, 5.74) is 0.771. The number of hydrogen-bond donors (Lipinski definition) is 1. The zero-order valence-electron chi connectivity index (χ0n) is 9.51. The molecule has 0 amide bonds. The van der Waals surface area contributed by atoms with Crippen molar-refractivity contribution in [3.8, 4) is 6.07 Å². The molecule has 5 nitrogen and oxygen atoms in total. The van der Waals surface area contributed by atoms with Crippen LogP contribution in [0.3, 0.4) is 0 Å². The highest BCUT2D eigenvalue weighted by Gasteiger charge is 2.32. The predicted octanol–water partition coefficient (Wildman–Crippen LogP) is 2.53. The maximum Gasteiger partial charge on any atom is 0.293 e. The van der Waals surface area contributed by atoms with Crippen LogP contribution in [0.2, 0.25) is 0 Å². The number of rotatable bonds is 4. The van der Waals surface area contributed by atoms with Crippen LogP contribution in [0, 0.1) is 33.3 Å². The van der Waals surface area contributed by atoms with Gasteiger partial charge in [-0.2, -0.15) is 5.26 Å². The first kappa shape index (κ1) is 11.4. The molecular formula is C12H13N3O2. The van der Waals surface area contributed by atoms with Gasteiger partial charge in [-0.05, 0) is 30.4 Å². The van der Waals surface area contributed by atoms with E-state index in [0.717, 1.165) is 6.54 Å². The van der Waals surface area contributed by atoms with Crippen LogP contribution in [0.4, 0.5) is 11.4 Å². The molecule has 2 atom stereocenters. The van der Waals surface area contributed by atoms with Gasteiger partial charge in [0.2, 0.25) is 0 Å². The standard InChI is InChI=1S/C12H13N3O2/c1-8-4-10(8)7-14-11-3-2-9(6-13)5-12(11)15(16)17/h2-3,5,8,10,14H,4,7H2,1H3. The van der Waals surface area contributed by atoms with E-state index in [4.69, 9.17) is 5.26 Å². The van der Waals surface area contributed by atoms with Gasteiger partial charge < -0.3 is 5.32 Å². The van der Waals surface area contributed by atoms with Gasteiger partial charge in [0, 0.05) is 12.6 Å². The summed E-state index contributed by atoms with van der Waals surface area (Å²) in [6, 6.07) is 6.40. The Hall–Kier alpha value is -2.09. The van der Waals surface area contributed by atoms with Gasteiger partial charge in [0.15, 0.2) is 0 Å². The monoisotopic (exact) mass is 231 g/mol. The van der Waals surface area contributed by atoms with E-state index in [0.29, 0.717) is 23.1 Å². The fraction of sp³-hybridized carbons (Fsp3) is 0.417. The molecule has 0 radical (unpaired) electrons. The van der Waals surface area contributed by atoms with Crippen LogP contribution in [0.5, 0.6) is 0 Å². The molecule has 0 spiro atoms. The van der Waals surface area contributed by atoms with Gasteiger partial charge in [-0.3, -0.25) is 10.1 Å². The SMILES string of the molecule is CC1CC1CNc1ccc(C#N)cc1[N+](=O)[O-]. The highest BCUT2D eigenvalue weighted by molar-refractivity contribution is 5.64. The first-order valence-electron chi connectivity index (χ1n) is 5.54. The molecule has 0 aromatic heterocycles. The van der Waals surface area contributed by atoms with Crippen molar-refractivity contribution in [1.82, 2.24) is 0 Å². The fourth-order valence-electron chi connectivity index (χ4n) is 1.83. The molecule has 1 aromatic carbocycles. The van der Waals surface area contributed by atoms with E-state index in [1.165, 1.54) is 12.5 Å². The van der Waals surface area contributed by atoms with Crippen molar-refractivity contribution in [1.29, 1.82) is 5.26 Å². The molecule has 88 valence electrons. The molecule has 0 heterocycles. The van der Waals surface area contributed by atoms with E-state index in [1.54, 1.807) is 12.1 Å². The minimum atomic E-state index is -0.459. The summed E-state index contributed by atoms with van der Waals surface area (Å²) in [6.07, 6.45) is 1.18. The predicted molar refractivity (Wildman–Crippen MR) is 63.6 cm³/mol. The minimum Gasteiger partial charge on any atom is -0.379 e. The van der Waals surface area contributed by atoms with Crippen LogP contribution in [-0.2, 0) is 0 Å². The molecule has 1 fully saturated rings. The van der Waals surface area contributed by atoms with Gasteiger partial charge in [0.05, 0.1) is 16.6 Å². The summed E-state index contributed by atoms with van der Waals surface area (Å²) in [5.74, 6) is 1.32. The van der Waals surface area contributed by atoms with Crippen LogP contribution in [0.25, 0.3) is 0 Å². The molecule has 1 saturated carbocycles. The number of hydrogen-bond acceptors (Lipinski definition) is 4. The maximum atomic E-state index is 10.9. The Morgan fingerprint density at radius 3 is 2.88 bits per heavy atom. The van der Waals surface area contributed by atoms with Crippen molar-refractivity contribution < 1.29 is 4.92 Å². The number of nitrogens with one attached hydrogen (secondary N) is 1. The van der Waals surface area contributed by atoms with Gasteiger partial charge in [-0.25, -0.2) is 0 Å². The van der Waals surface area contributed by atoms with Crippen LogP contribution in [0.15, 0.2) is 18.2 Å². The maximum absolute atomic E-state index is 10.9. The van der Waals surface area contributed by atoms with Crippen molar-refractivity contribution in [3.63, 3.8) is 0 Å². The Morgan fingerprint density at radius 2 is 2.35 bits per heavy atom. The van der Waals surface area contributed by atoms with Gasteiger partial charge in [-0.15, -0.1) is 0 Å². The molecule has 0 saturated heterocycles. The number of nitro benzene ring substituents is 1. The second-order valence-corrected chi connectivity index (χ2v) is 4.45. The van der Waals surface area contributed by atoms with Gasteiger partial charge in [-0.1, -0.05) is 6.92 Å². The number of nitriles is 1. The van der Waals surface area contributed by atoms with Crippen molar-refractivity contribution in [2.24, 2.45) is 11.8 Å².